The first-order chi connectivity index (χ1) is 10.2. The molecule has 0 saturated carbocycles. The minimum absolute atomic E-state index is 0.312. The third-order valence-electron chi connectivity index (χ3n) is 2.79. The van der Waals surface area contributed by atoms with Crippen LogP contribution in [0, 0.1) is 0 Å². The number of carbonyl (C=O) groups excluding carboxylic acids is 1. The van der Waals surface area contributed by atoms with Gasteiger partial charge in [0.2, 0.25) is 0 Å². The Morgan fingerprint density at radius 1 is 1.29 bits per heavy atom. The van der Waals surface area contributed by atoms with Crippen molar-refractivity contribution in [1.29, 1.82) is 0 Å². The highest BCUT2D eigenvalue weighted by atomic mass is 16.5. The van der Waals surface area contributed by atoms with E-state index in [-0.39, 0.29) is 5.97 Å². The topological polar surface area (TPSA) is 47.6 Å². The van der Waals surface area contributed by atoms with Crippen LogP contribution in [-0.4, -0.2) is 26.2 Å². The first-order valence-corrected chi connectivity index (χ1v) is 7.00. The molecule has 0 saturated heterocycles. The van der Waals surface area contributed by atoms with E-state index in [1.54, 1.807) is 20.1 Å². The molecule has 1 rings (SSSR count). The Morgan fingerprint density at radius 3 is 2.62 bits per heavy atom. The molecule has 0 aliphatic rings. The molecule has 0 fully saturated rings. The van der Waals surface area contributed by atoms with Crippen molar-refractivity contribution in [1.82, 2.24) is 5.32 Å². The maximum Gasteiger partial charge on any atom is 0.330 e. The highest BCUT2D eigenvalue weighted by molar-refractivity contribution is 5.82. The van der Waals surface area contributed by atoms with E-state index in [1.165, 1.54) is 11.6 Å². The molecular formula is C17H23NO3. The van der Waals surface area contributed by atoms with Gasteiger partial charge in [0, 0.05) is 19.2 Å². The lowest BCUT2D eigenvalue weighted by Crippen LogP contribution is -2.15. The molecular weight excluding hydrogens is 266 g/mol. The Bertz CT molecular complexity index is 489. The predicted octanol–water partition coefficient (Wildman–Crippen LogP) is 2.85. The van der Waals surface area contributed by atoms with Gasteiger partial charge < -0.3 is 14.8 Å². The van der Waals surface area contributed by atoms with Crippen LogP contribution in [0.4, 0.5) is 0 Å². The zero-order valence-corrected chi connectivity index (χ0v) is 12.9. The summed E-state index contributed by atoms with van der Waals surface area (Å²) in [6, 6.07) is 7.96. The van der Waals surface area contributed by atoms with Crippen molar-refractivity contribution in [2.75, 3.05) is 20.3 Å². The molecule has 1 aromatic rings. The number of esters is 1. The molecule has 0 aromatic heterocycles. The van der Waals surface area contributed by atoms with Crippen molar-refractivity contribution in [2.24, 2.45) is 0 Å². The average molecular weight is 289 g/mol. The van der Waals surface area contributed by atoms with Crippen molar-refractivity contribution in [3.8, 4) is 5.75 Å². The van der Waals surface area contributed by atoms with Crippen molar-refractivity contribution in [3.05, 3.63) is 53.6 Å². The lowest BCUT2D eigenvalue weighted by molar-refractivity contribution is -0.137. The van der Waals surface area contributed by atoms with Gasteiger partial charge in [-0.15, -0.1) is 0 Å². The van der Waals surface area contributed by atoms with Gasteiger partial charge in [0.1, 0.15) is 5.75 Å². The largest absolute Gasteiger partial charge is 0.497 e. The number of methoxy groups -OCH3 is 1. The summed E-state index contributed by atoms with van der Waals surface area (Å²) in [6.07, 6.45) is 5.04. The lowest BCUT2D eigenvalue weighted by Gasteiger charge is -2.06. The monoisotopic (exact) mass is 289 g/mol. The summed E-state index contributed by atoms with van der Waals surface area (Å²) in [5.74, 6) is 0.548. The Morgan fingerprint density at radius 2 is 2.00 bits per heavy atom. The predicted molar refractivity (Wildman–Crippen MR) is 84.2 cm³/mol. The van der Waals surface area contributed by atoms with Gasteiger partial charge in [-0.1, -0.05) is 29.9 Å². The van der Waals surface area contributed by atoms with E-state index in [1.807, 2.05) is 37.3 Å². The van der Waals surface area contributed by atoms with Crippen LogP contribution in [-0.2, 0) is 16.1 Å². The highest BCUT2D eigenvalue weighted by Crippen LogP contribution is 2.10. The quantitative estimate of drug-likeness (QED) is 0.454. The van der Waals surface area contributed by atoms with Gasteiger partial charge in [0.25, 0.3) is 0 Å². The number of carbonyl (C=O) groups is 1. The second kappa shape index (κ2) is 9.77. The van der Waals surface area contributed by atoms with E-state index in [9.17, 15) is 4.79 Å². The number of nitrogens with one attached hydrogen (secondary N) is 1. The fraction of sp³-hybridized carbons (Fsp3) is 0.353. The summed E-state index contributed by atoms with van der Waals surface area (Å²) in [6.45, 7) is 5.75. The van der Waals surface area contributed by atoms with Gasteiger partial charge in [-0.3, -0.25) is 0 Å². The SMILES string of the molecule is CCOC(=O)/C=C/C=C(\C)CNCc1ccc(OC)cc1. The second-order valence-corrected chi connectivity index (χ2v) is 4.58. The molecule has 0 radical (unpaired) electrons. The molecule has 0 amide bonds. The number of hydrogen-bond acceptors (Lipinski definition) is 4. The Balaban J connectivity index is 2.31. The van der Waals surface area contributed by atoms with Gasteiger partial charge in [0.05, 0.1) is 13.7 Å². The van der Waals surface area contributed by atoms with Crippen LogP contribution in [0.1, 0.15) is 19.4 Å². The van der Waals surface area contributed by atoms with Gasteiger partial charge in [0.15, 0.2) is 0 Å². The van der Waals surface area contributed by atoms with Crippen molar-refractivity contribution in [3.63, 3.8) is 0 Å². The van der Waals surface area contributed by atoms with E-state index >= 15 is 0 Å². The summed E-state index contributed by atoms with van der Waals surface area (Å²) in [4.78, 5) is 11.1. The molecule has 4 nitrogen and oxygen atoms in total. The van der Waals surface area contributed by atoms with E-state index in [0.717, 1.165) is 24.4 Å². The second-order valence-electron chi connectivity index (χ2n) is 4.58. The molecule has 0 atom stereocenters. The summed E-state index contributed by atoms with van der Waals surface area (Å²) >= 11 is 0. The molecule has 0 spiro atoms. The third kappa shape index (κ3) is 7.32. The fourth-order valence-corrected chi connectivity index (χ4v) is 1.69. The van der Waals surface area contributed by atoms with Crippen molar-refractivity contribution in [2.45, 2.75) is 20.4 Å². The highest BCUT2D eigenvalue weighted by Gasteiger charge is 1.95. The van der Waals surface area contributed by atoms with Crippen LogP contribution < -0.4 is 10.1 Å². The standard InChI is InChI=1S/C17H23NO3/c1-4-21-17(19)7-5-6-14(2)12-18-13-15-8-10-16(20-3)11-9-15/h5-11,18H,4,12-13H2,1-3H3/b7-5+,14-6+. The van der Waals surface area contributed by atoms with E-state index in [2.05, 4.69) is 5.32 Å². The maximum atomic E-state index is 11.1. The molecule has 0 heterocycles. The van der Waals surface area contributed by atoms with Gasteiger partial charge in [-0.2, -0.15) is 0 Å². The molecule has 0 unspecified atom stereocenters. The molecule has 4 heteroatoms. The molecule has 0 aliphatic heterocycles. The molecule has 114 valence electrons. The first kappa shape index (κ1) is 17.0. The minimum Gasteiger partial charge on any atom is -0.497 e. The zero-order valence-electron chi connectivity index (χ0n) is 12.9. The zero-order chi connectivity index (χ0) is 15.5. The third-order valence-corrected chi connectivity index (χ3v) is 2.79. The fourth-order valence-electron chi connectivity index (χ4n) is 1.69. The molecule has 1 N–H and O–H groups in total. The number of hydrogen-bond donors (Lipinski definition) is 1. The Kier molecular flexibility index (Phi) is 7.90. The van der Waals surface area contributed by atoms with Crippen LogP contribution in [0.25, 0.3) is 0 Å². The van der Waals surface area contributed by atoms with E-state index in [4.69, 9.17) is 9.47 Å². The minimum atomic E-state index is -0.312. The van der Waals surface area contributed by atoms with Gasteiger partial charge in [-0.05, 0) is 31.5 Å². The Labute approximate surface area is 126 Å². The average Bonchev–Trinajstić information content (AvgIpc) is 2.48. The lowest BCUT2D eigenvalue weighted by atomic mass is 10.2. The molecule has 0 bridgehead atoms. The number of allylic oxidation sites excluding steroid dienone is 2. The number of ether oxygens (including phenoxy) is 2. The van der Waals surface area contributed by atoms with Crippen LogP contribution in [0.5, 0.6) is 5.75 Å². The number of benzene rings is 1. The summed E-state index contributed by atoms with van der Waals surface area (Å²) < 4.78 is 9.92. The van der Waals surface area contributed by atoms with E-state index in [0.29, 0.717) is 6.61 Å². The maximum absolute atomic E-state index is 11.1. The first-order valence-electron chi connectivity index (χ1n) is 7.00. The Hall–Kier alpha value is -2.07. The van der Waals surface area contributed by atoms with Crippen LogP contribution in [0.15, 0.2) is 48.1 Å². The summed E-state index contributed by atoms with van der Waals surface area (Å²) in [5, 5.41) is 3.34. The van der Waals surface area contributed by atoms with Crippen LogP contribution in [0.3, 0.4) is 0 Å². The van der Waals surface area contributed by atoms with Crippen LogP contribution >= 0.6 is 0 Å². The molecule has 21 heavy (non-hydrogen) atoms. The smallest absolute Gasteiger partial charge is 0.330 e. The molecule has 0 aliphatic carbocycles. The van der Waals surface area contributed by atoms with Crippen molar-refractivity contribution >= 4 is 5.97 Å². The number of rotatable bonds is 8. The molecule has 1 aromatic carbocycles. The normalized spacial score (nSPS) is 11.7. The van der Waals surface area contributed by atoms with Gasteiger partial charge in [-0.25, -0.2) is 4.79 Å². The summed E-state index contributed by atoms with van der Waals surface area (Å²) in [7, 11) is 1.66. The van der Waals surface area contributed by atoms with E-state index < -0.39 is 0 Å². The summed E-state index contributed by atoms with van der Waals surface area (Å²) in [5.41, 5.74) is 2.34. The van der Waals surface area contributed by atoms with Crippen molar-refractivity contribution < 1.29 is 14.3 Å². The van der Waals surface area contributed by atoms with Gasteiger partial charge >= 0.3 is 5.97 Å². The van der Waals surface area contributed by atoms with Crippen LogP contribution in [0.2, 0.25) is 0 Å².